The first-order chi connectivity index (χ1) is 5.33. The van der Waals surface area contributed by atoms with Crippen LogP contribution >= 0.6 is 0 Å². The van der Waals surface area contributed by atoms with Crippen LogP contribution in [0.15, 0.2) is 10.6 Å². The summed E-state index contributed by atoms with van der Waals surface area (Å²) in [5.74, 6) is 1.39. The molecule has 0 aromatic carbocycles. The molecule has 0 aliphatic carbocycles. The van der Waals surface area contributed by atoms with Crippen molar-refractivity contribution in [1.29, 1.82) is 0 Å². The van der Waals surface area contributed by atoms with Crippen LogP contribution in [0.25, 0.3) is 0 Å². The van der Waals surface area contributed by atoms with Gasteiger partial charge < -0.3 is 9.73 Å². The maximum absolute atomic E-state index is 11.6. The van der Waals surface area contributed by atoms with Crippen molar-refractivity contribution in [3.63, 3.8) is 0 Å². The van der Waals surface area contributed by atoms with Crippen molar-refractivity contribution < 1.29 is 8.81 Å². The number of alkyl halides is 1. The van der Waals surface area contributed by atoms with E-state index in [2.05, 4.69) is 10.3 Å². The minimum absolute atomic E-state index is 0.349. The van der Waals surface area contributed by atoms with E-state index in [0.29, 0.717) is 19.0 Å². The second-order valence-corrected chi connectivity index (χ2v) is 2.23. The lowest BCUT2D eigenvalue weighted by molar-refractivity contribution is 0.423. The van der Waals surface area contributed by atoms with Gasteiger partial charge in [0.1, 0.15) is 12.4 Å². The van der Waals surface area contributed by atoms with E-state index >= 15 is 0 Å². The highest BCUT2D eigenvalue weighted by molar-refractivity contribution is 4.90. The molecule has 1 aromatic rings. The first-order valence-corrected chi connectivity index (χ1v) is 3.51. The average Bonchev–Trinajstić information content (AvgIpc) is 2.37. The standard InChI is InChI=1S/C7H11FN2O/c1-6-4-10-7(11-6)5-9-3-2-8/h4,9H,2-3,5H2,1H3. The molecule has 1 heterocycles. The summed E-state index contributed by atoms with van der Waals surface area (Å²) in [5, 5.41) is 2.83. The van der Waals surface area contributed by atoms with Crippen LogP contribution in [0.5, 0.6) is 0 Å². The Morgan fingerprint density at radius 1 is 1.73 bits per heavy atom. The fraction of sp³-hybridized carbons (Fsp3) is 0.571. The molecule has 0 aliphatic rings. The first kappa shape index (κ1) is 8.20. The first-order valence-electron chi connectivity index (χ1n) is 3.51. The van der Waals surface area contributed by atoms with Crippen molar-refractivity contribution in [2.75, 3.05) is 13.2 Å². The lowest BCUT2D eigenvalue weighted by Crippen LogP contribution is -2.15. The molecule has 0 aliphatic heterocycles. The molecular formula is C7H11FN2O. The molecule has 62 valence electrons. The van der Waals surface area contributed by atoms with Gasteiger partial charge in [-0.25, -0.2) is 9.37 Å². The van der Waals surface area contributed by atoms with Gasteiger partial charge in [-0.15, -0.1) is 0 Å². The summed E-state index contributed by atoms with van der Waals surface area (Å²) in [4.78, 5) is 3.94. The van der Waals surface area contributed by atoms with E-state index < -0.39 is 0 Å². The molecule has 1 rings (SSSR count). The Balaban J connectivity index is 2.27. The molecular weight excluding hydrogens is 147 g/mol. The van der Waals surface area contributed by atoms with Gasteiger partial charge in [0.05, 0.1) is 12.7 Å². The number of hydrogen-bond acceptors (Lipinski definition) is 3. The molecule has 0 amide bonds. The van der Waals surface area contributed by atoms with Gasteiger partial charge in [-0.2, -0.15) is 0 Å². The highest BCUT2D eigenvalue weighted by atomic mass is 19.1. The van der Waals surface area contributed by atoms with Gasteiger partial charge in [0.2, 0.25) is 5.89 Å². The summed E-state index contributed by atoms with van der Waals surface area (Å²) < 4.78 is 16.7. The van der Waals surface area contributed by atoms with E-state index in [1.807, 2.05) is 6.92 Å². The second kappa shape index (κ2) is 4.08. The highest BCUT2D eigenvalue weighted by Gasteiger charge is 1.97. The SMILES string of the molecule is Cc1cnc(CNCCF)o1. The lowest BCUT2D eigenvalue weighted by Gasteiger charge is -1.95. The Bertz CT molecular complexity index is 212. The molecule has 1 N–H and O–H groups in total. The Hall–Kier alpha value is -0.900. The van der Waals surface area contributed by atoms with Crippen LogP contribution in [0.3, 0.4) is 0 Å². The zero-order chi connectivity index (χ0) is 8.10. The van der Waals surface area contributed by atoms with Gasteiger partial charge in [0.25, 0.3) is 0 Å². The summed E-state index contributed by atoms with van der Waals surface area (Å²) in [6.45, 7) is 2.31. The van der Waals surface area contributed by atoms with Crippen molar-refractivity contribution in [2.45, 2.75) is 13.5 Å². The van der Waals surface area contributed by atoms with Gasteiger partial charge in [-0.05, 0) is 6.92 Å². The van der Waals surface area contributed by atoms with Gasteiger partial charge in [0, 0.05) is 6.54 Å². The number of halogens is 1. The van der Waals surface area contributed by atoms with E-state index in [4.69, 9.17) is 4.42 Å². The Kier molecular flexibility index (Phi) is 3.04. The fourth-order valence-corrected chi connectivity index (χ4v) is 0.745. The van der Waals surface area contributed by atoms with E-state index in [1.54, 1.807) is 6.20 Å². The van der Waals surface area contributed by atoms with Crippen LogP contribution < -0.4 is 5.32 Å². The number of rotatable bonds is 4. The number of nitrogens with zero attached hydrogens (tertiary/aromatic N) is 1. The lowest BCUT2D eigenvalue weighted by atomic mass is 10.6. The molecule has 3 nitrogen and oxygen atoms in total. The van der Waals surface area contributed by atoms with Crippen LogP contribution in [-0.2, 0) is 6.54 Å². The molecule has 0 spiro atoms. The Morgan fingerprint density at radius 3 is 3.09 bits per heavy atom. The third kappa shape index (κ3) is 2.67. The van der Waals surface area contributed by atoms with Crippen molar-refractivity contribution in [3.8, 4) is 0 Å². The molecule has 11 heavy (non-hydrogen) atoms. The maximum atomic E-state index is 11.6. The molecule has 0 saturated carbocycles. The largest absolute Gasteiger partial charge is 0.445 e. The van der Waals surface area contributed by atoms with Crippen molar-refractivity contribution in [2.24, 2.45) is 0 Å². The summed E-state index contributed by atoms with van der Waals surface area (Å²) in [7, 11) is 0. The summed E-state index contributed by atoms with van der Waals surface area (Å²) in [6.07, 6.45) is 1.65. The van der Waals surface area contributed by atoms with Crippen molar-refractivity contribution in [1.82, 2.24) is 10.3 Å². The van der Waals surface area contributed by atoms with Crippen LogP contribution in [-0.4, -0.2) is 18.2 Å². The predicted molar refractivity (Wildman–Crippen MR) is 38.9 cm³/mol. The van der Waals surface area contributed by atoms with E-state index in [0.717, 1.165) is 5.76 Å². The third-order valence-electron chi connectivity index (χ3n) is 1.22. The third-order valence-corrected chi connectivity index (χ3v) is 1.22. The molecule has 0 radical (unpaired) electrons. The van der Waals surface area contributed by atoms with Gasteiger partial charge in [-0.1, -0.05) is 0 Å². The number of nitrogens with one attached hydrogen (secondary N) is 1. The maximum Gasteiger partial charge on any atom is 0.208 e. The molecule has 0 unspecified atom stereocenters. The van der Waals surface area contributed by atoms with E-state index in [-0.39, 0.29) is 6.67 Å². The summed E-state index contributed by atoms with van der Waals surface area (Å²) >= 11 is 0. The molecule has 0 bridgehead atoms. The molecule has 0 saturated heterocycles. The molecule has 1 aromatic heterocycles. The minimum atomic E-state index is -0.361. The summed E-state index contributed by atoms with van der Waals surface area (Å²) in [6, 6.07) is 0. The normalized spacial score (nSPS) is 10.4. The van der Waals surface area contributed by atoms with E-state index in [1.165, 1.54) is 0 Å². The molecule has 0 fully saturated rings. The topological polar surface area (TPSA) is 38.1 Å². The van der Waals surface area contributed by atoms with Crippen LogP contribution in [0, 0.1) is 6.92 Å². The molecule has 4 heteroatoms. The van der Waals surface area contributed by atoms with Crippen LogP contribution in [0.1, 0.15) is 11.7 Å². The second-order valence-electron chi connectivity index (χ2n) is 2.23. The monoisotopic (exact) mass is 158 g/mol. The van der Waals surface area contributed by atoms with Gasteiger partial charge in [0.15, 0.2) is 0 Å². The average molecular weight is 158 g/mol. The van der Waals surface area contributed by atoms with Gasteiger partial charge >= 0.3 is 0 Å². The Labute approximate surface area is 64.6 Å². The zero-order valence-electron chi connectivity index (χ0n) is 6.43. The van der Waals surface area contributed by atoms with Crippen LogP contribution in [0.4, 0.5) is 4.39 Å². The van der Waals surface area contributed by atoms with Crippen molar-refractivity contribution >= 4 is 0 Å². The Morgan fingerprint density at radius 2 is 2.55 bits per heavy atom. The number of aromatic nitrogens is 1. The predicted octanol–water partition coefficient (Wildman–Crippen LogP) is 1.04. The minimum Gasteiger partial charge on any atom is -0.445 e. The van der Waals surface area contributed by atoms with E-state index in [9.17, 15) is 4.39 Å². The van der Waals surface area contributed by atoms with Crippen molar-refractivity contribution in [3.05, 3.63) is 17.8 Å². The van der Waals surface area contributed by atoms with Gasteiger partial charge in [-0.3, -0.25) is 0 Å². The number of hydrogen-bond donors (Lipinski definition) is 1. The smallest absolute Gasteiger partial charge is 0.208 e. The zero-order valence-corrected chi connectivity index (χ0v) is 6.43. The molecule has 0 atom stereocenters. The number of oxazole rings is 1. The van der Waals surface area contributed by atoms with Crippen LogP contribution in [0.2, 0.25) is 0 Å². The number of aryl methyl sites for hydroxylation is 1. The summed E-state index contributed by atoms with van der Waals surface area (Å²) in [5.41, 5.74) is 0. The highest BCUT2D eigenvalue weighted by Crippen LogP contribution is 1.99. The fourth-order valence-electron chi connectivity index (χ4n) is 0.745. The quantitative estimate of drug-likeness (QED) is 0.665.